The molecule has 2 fully saturated rings. The van der Waals surface area contributed by atoms with Crippen molar-refractivity contribution in [3.05, 3.63) is 36.0 Å². The summed E-state index contributed by atoms with van der Waals surface area (Å²) >= 11 is 0. The van der Waals surface area contributed by atoms with Crippen molar-refractivity contribution in [2.24, 2.45) is 39.5 Å². The summed E-state index contributed by atoms with van der Waals surface area (Å²) in [7, 11) is 0. The summed E-state index contributed by atoms with van der Waals surface area (Å²) in [5.74, 6) is 0.521. The maximum atomic E-state index is 15.4. The Balaban J connectivity index is 1.25. The number of carbonyl (C=O) groups excluding carboxylic acids is 1. The van der Waals surface area contributed by atoms with Crippen LogP contribution in [0.15, 0.2) is 46.0 Å². The predicted molar refractivity (Wildman–Crippen MR) is 126 cm³/mol. The highest BCUT2D eigenvalue weighted by Crippen LogP contribution is 2.41. The summed E-state index contributed by atoms with van der Waals surface area (Å²) in [6.45, 7) is 3.54. The van der Waals surface area contributed by atoms with Gasteiger partial charge in [0.25, 0.3) is 0 Å². The number of aliphatic imine (C=N–C) groups is 1. The molecule has 6 atom stereocenters. The molecule has 5 heterocycles. The van der Waals surface area contributed by atoms with E-state index in [2.05, 4.69) is 22.0 Å². The highest BCUT2D eigenvalue weighted by molar-refractivity contribution is 6.09. The van der Waals surface area contributed by atoms with Crippen molar-refractivity contribution in [2.75, 3.05) is 26.2 Å². The Morgan fingerprint density at radius 3 is 2.82 bits per heavy atom. The first kappa shape index (κ1) is 21.9. The van der Waals surface area contributed by atoms with Crippen molar-refractivity contribution < 1.29 is 13.6 Å². The Kier molecular flexibility index (Phi) is 5.35. The third-order valence-electron chi connectivity index (χ3n) is 7.91. The van der Waals surface area contributed by atoms with Crippen LogP contribution in [0.4, 0.5) is 8.78 Å². The fourth-order valence-electron chi connectivity index (χ4n) is 6.03. The topological polar surface area (TPSA) is 77.5 Å². The van der Waals surface area contributed by atoms with Gasteiger partial charge in [-0.2, -0.15) is 5.10 Å². The molecule has 34 heavy (non-hydrogen) atoms. The van der Waals surface area contributed by atoms with Crippen LogP contribution in [0.3, 0.4) is 0 Å². The van der Waals surface area contributed by atoms with E-state index in [1.165, 1.54) is 23.8 Å². The molecule has 6 aliphatic rings. The number of nitrogens with zero attached hydrogens (tertiary/aromatic N) is 5. The number of rotatable bonds is 4. The molecule has 6 rings (SSSR count). The normalized spacial score (nSPS) is 37.1. The molecule has 0 spiro atoms. The number of fused-ring (bicyclic) bond motifs is 2. The zero-order valence-electron chi connectivity index (χ0n) is 19.5. The predicted octanol–water partition coefficient (Wildman–Crippen LogP) is 2.59. The van der Waals surface area contributed by atoms with Crippen LogP contribution in [0.1, 0.15) is 32.6 Å². The zero-order chi connectivity index (χ0) is 23.6. The number of piperidine rings is 1. The van der Waals surface area contributed by atoms with Gasteiger partial charge in [0.05, 0.1) is 30.4 Å². The van der Waals surface area contributed by atoms with Crippen LogP contribution >= 0.6 is 0 Å². The minimum atomic E-state index is -1.14. The van der Waals surface area contributed by atoms with Gasteiger partial charge in [0.1, 0.15) is 23.9 Å². The number of carbonyl (C=O) groups is 1. The fraction of sp³-hybridized carbons (Fsp3) is 0.640. The lowest BCUT2D eigenvalue weighted by molar-refractivity contribution is -0.137. The number of hydrogen-bond acceptors (Lipinski definition) is 6. The van der Waals surface area contributed by atoms with Crippen molar-refractivity contribution in [1.82, 2.24) is 14.8 Å². The molecule has 0 aromatic rings. The van der Waals surface area contributed by atoms with Crippen molar-refractivity contribution >= 4 is 17.5 Å². The van der Waals surface area contributed by atoms with Crippen LogP contribution in [-0.4, -0.2) is 76.7 Å². The number of amides is 1. The Bertz CT molecular complexity index is 1020. The van der Waals surface area contributed by atoms with Crippen LogP contribution < -0.4 is 5.73 Å². The quantitative estimate of drug-likeness (QED) is 0.685. The highest BCUT2D eigenvalue weighted by Gasteiger charge is 2.47. The minimum Gasteiger partial charge on any atom is -0.338 e. The van der Waals surface area contributed by atoms with Gasteiger partial charge in [-0.25, -0.2) is 13.8 Å². The first-order valence-electron chi connectivity index (χ1n) is 12.5. The standard InChI is InChI=1S/C25H32F2N6O/c1-14-22(21-8-16-3-2-6-29-24(16)32(21)10-15-4-5-15)30-33-11-17(7-20(27)23(14)33)25(34)31-12-18(26)9-19(28)13-31/h2,6-8,14-19,23H,3-5,9-13,28H2,1H3/t14?,16?,17?,18-,19-,23?/m1/s1. The Morgan fingerprint density at radius 1 is 1.24 bits per heavy atom. The van der Waals surface area contributed by atoms with E-state index in [0.717, 1.165) is 30.2 Å². The first-order chi connectivity index (χ1) is 16.4. The Hall–Kier alpha value is -2.55. The number of amidine groups is 1. The maximum Gasteiger partial charge on any atom is 0.231 e. The zero-order valence-corrected chi connectivity index (χ0v) is 19.5. The van der Waals surface area contributed by atoms with Crippen LogP contribution in [0, 0.1) is 23.7 Å². The number of likely N-dealkylation sites (tertiary alicyclic amines) is 1. The molecule has 2 N–H and O–H groups in total. The van der Waals surface area contributed by atoms with Gasteiger partial charge in [0.2, 0.25) is 5.91 Å². The largest absolute Gasteiger partial charge is 0.338 e. The maximum absolute atomic E-state index is 15.4. The lowest BCUT2D eigenvalue weighted by Gasteiger charge is -2.37. The fourth-order valence-corrected chi connectivity index (χ4v) is 6.03. The lowest BCUT2D eigenvalue weighted by Crippen LogP contribution is -2.53. The number of allylic oxidation sites excluding steroid dienone is 2. The number of alkyl halides is 1. The molecule has 9 heteroatoms. The summed E-state index contributed by atoms with van der Waals surface area (Å²) < 4.78 is 29.4. The van der Waals surface area contributed by atoms with Crippen LogP contribution in [0.25, 0.3) is 0 Å². The first-order valence-corrected chi connectivity index (χ1v) is 12.5. The van der Waals surface area contributed by atoms with Crippen molar-refractivity contribution in [3.63, 3.8) is 0 Å². The molecule has 5 aliphatic heterocycles. The minimum absolute atomic E-state index is 0.0212. The number of halogens is 2. The van der Waals surface area contributed by atoms with E-state index in [9.17, 15) is 9.18 Å². The molecule has 1 saturated carbocycles. The second kappa shape index (κ2) is 8.29. The van der Waals surface area contributed by atoms with Gasteiger partial charge >= 0.3 is 0 Å². The lowest BCUT2D eigenvalue weighted by atomic mass is 9.89. The van der Waals surface area contributed by atoms with Crippen LogP contribution in [-0.2, 0) is 4.79 Å². The molecule has 0 aromatic carbocycles. The van der Waals surface area contributed by atoms with Crippen molar-refractivity contribution in [2.45, 2.75) is 50.9 Å². The second-order valence-electron chi connectivity index (χ2n) is 10.7. The summed E-state index contributed by atoms with van der Waals surface area (Å²) in [6, 6.07) is -0.898. The third-order valence-corrected chi connectivity index (χ3v) is 7.91. The summed E-state index contributed by atoms with van der Waals surface area (Å²) in [6.07, 6.45) is 10.1. The van der Waals surface area contributed by atoms with Gasteiger partial charge in [-0.05, 0) is 43.8 Å². The number of nitrogens with two attached hydrogens (primary N) is 1. The molecule has 0 aromatic heterocycles. The number of hydrogen-bond donors (Lipinski definition) is 1. The number of hydrazone groups is 1. The Morgan fingerprint density at radius 2 is 2.06 bits per heavy atom. The van der Waals surface area contributed by atoms with Crippen LogP contribution in [0.2, 0.25) is 0 Å². The van der Waals surface area contributed by atoms with Crippen molar-refractivity contribution in [3.8, 4) is 0 Å². The molecular formula is C25H32F2N6O. The SMILES string of the molecule is CC1C(C2=CC3CC=CN=C3N2CC2CC2)=NN2CC(C(=O)N3C[C@H](N)C[C@@H](F)C3)C=C(F)C12. The van der Waals surface area contributed by atoms with E-state index in [1.54, 1.807) is 5.01 Å². The second-order valence-corrected chi connectivity index (χ2v) is 10.7. The summed E-state index contributed by atoms with van der Waals surface area (Å²) in [5.41, 5.74) is 7.83. The third kappa shape index (κ3) is 3.78. The van der Waals surface area contributed by atoms with Gasteiger partial charge in [-0.1, -0.05) is 13.0 Å². The van der Waals surface area contributed by atoms with E-state index in [1.807, 2.05) is 13.1 Å². The summed E-state index contributed by atoms with van der Waals surface area (Å²) in [5, 5.41) is 6.61. The monoisotopic (exact) mass is 470 g/mol. The van der Waals surface area contributed by atoms with E-state index in [4.69, 9.17) is 10.8 Å². The van der Waals surface area contributed by atoms with Crippen molar-refractivity contribution in [1.29, 1.82) is 0 Å². The molecule has 182 valence electrons. The van der Waals surface area contributed by atoms with E-state index >= 15 is 4.39 Å². The van der Waals surface area contributed by atoms with Gasteiger partial charge in [-0.15, -0.1) is 0 Å². The molecule has 7 nitrogen and oxygen atoms in total. The molecule has 1 aliphatic carbocycles. The van der Waals surface area contributed by atoms with E-state index in [0.29, 0.717) is 12.5 Å². The Labute approximate surface area is 198 Å². The summed E-state index contributed by atoms with van der Waals surface area (Å²) in [4.78, 5) is 21.5. The average Bonchev–Trinajstić information content (AvgIpc) is 3.46. The van der Waals surface area contributed by atoms with E-state index < -0.39 is 18.1 Å². The van der Waals surface area contributed by atoms with E-state index in [-0.39, 0.29) is 49.1 Å². The molecule has 1 saturated heterocycles. The molecular weight excluding hydrogens is 438 g/mol. The van der Waals surface area contributed by atoms with Gasteiger partial charge < -0.3 is 15.5 Å². The van der Waals surface area contributed by atoms with Gasteiger partial charge in [-0.3, -0.25) is 9.80 Å². The highest BCUT2D eigenvalue weighted by atomic mass is 19.1. The van der Waals surface area contributed by atoms with Crippen LogP contribution in [0.5, 0.6) is 0 Å². The molecule has 1 amide bonds. The van der Waals surface area contributed by atoms with Gasteiger partial charge in [0.15, 0.2) is 0 Å². The molecule has 4 unspecified atom stereocenters. The average molecular weight is 471 g/mol. The molecule has 0 bridgehead atoms. The smallest absolute Gasteiger partial charge is 0.231 e. The molecule has 0 radical (unpaired) electrons. The van der Waals surface area contributed by atoms with Gasteiger partial charge in [0, 0.05) is 37.2 Å².